The molecule has 0 saturated heterocycles. The number of ether oxygens (including phenoxy) is 2. The summed E-state index contributed by atoms with van der Waals surface area (Å²) >= 11 is 0. The predicted molar refractivity (Wildman–Crippen MR) is 69.3 cm³/mol. The van der Waals surface area contributed by atoms with E-state index in [4.69, 9.17) is 4.74 Å². The zero-order chi connectivity index (χ0) is 15.9. The molecule has 0 aliphatic rings. The van der Waals surface area contributed by atoms with Gasteiger partial charge < -0.3 is 20.1 Å². The van der Waals surface area contributed by atoms with E-state index in [1.807, 2.05) is 0 Å². The number of pyridine rings is 1. The number of nitrogens with one attached hydrogen (secondary N) is 2. The SMILES string of the molecule is COc1ncccc1NC(=O)N[C@H](C)COCC(F)(F)F. The van der Waals surface area contributed by atoms with Crippen molar-refractivity contribution in [1.29, 1.82) is 0 Å². The molecule has 0 saturated carbocycles. The molecule has 118 valence electrons. The summed E-state index contributed by atoms with van der Waals surface area (Å²) in [6.45, 7) is -0.0788. The van der Waals surface area contributed by atoms with Crippen molar-refractivity contribution in [1.82, 2.24) is 10.3 Å². The van der Waals surface area contributed by atoms with E-state index in [0.717, 1.165) is 0 Å². The number of aromatic nitrogens is 1. The molecule has 2 amide bonds. The Balaban J connectivity index is 2.39. The maximum atomic E-state index is 11.9. The highest BCUT2D eigenvalue weighted by Gasteiger charge is 2.27. The molecular weight excluding hydrogens is 291 g/mol. The third-order valence-electron chi connectivity index (χ3n) is 2.22. The first-order valence-electron chi connectivity index (χ1n) is 6.03. The number of anilines is 1. The zero-order valence-electron chi connectivity index (χ0n) is 11.5. The largest absolute Gasteiger partial charge is 0.480 e. The Morgan fingerprint density at radius 3 is 2.81 bits per heavy atom. The Hall–Kier alpha value is -2.03. The van der Waals surface area contributed by atoms with Crippen LogP contribution in [-0.2, 0) is 4.74 Å². The van der Waals surface area contributed by atoms with Crippen LogP contribution in [0, 0.1) is 0 Å². The molecule has 0 spiro atoms. The first-order chi connectivity index (χ1) is 9.81. The van der Waals surface area contributed by atoms with Crippen LogP contribution < -0.4 is 15.4 Å². The molecule has 9 heteroatoms. The fourth-order valence-corrected chi connectivity index (χ4v) is 1.42. The van der Waals surface area contributed by atoms with Gasteiger partial charge in [-0.05, 0) is 19.1 Å². The van der Waals surface area contributed by atoms with Gasteiger partial charge >= 0.3 is 12.2 Å². The second kappa shape index (κ2) is 7.67. The normalized spacial score (nSPS) is 12.6. The van der Waals surface area contributed by atoms with Gasteiger partial charge in [-0.1, -0.05) is 0 Å². The van der Waals surface area contributed by atoms with Crippen molar-refractivity contribution in [2.75, 3.05) is 25.6 Å². The fraction of sp³-hybridized carbons (Fsp3) is 0.500. The molecule has 0 bridgehead atoms. The first kappa shape index (κ1) is 17.0. The van der Waals surface area contributed by atoms with Gasteiger partial charge in [0.25, 0.3) is 0 Å². The van der Waals surface area contributed by atoms with Gasteiger partial charge in [0.15, 0.2) is 0 Å². The summed E-state index contributed by atoms with van der Waals surface area (Å²) in [5.74, 6) is 0.230. The number of carbonyl (C=O) groups excluding carboxylic acids is 1. The van der Waals surface area contributed by atoms with Crippen molar-refractivity contribution in [3.63, 3.8) is 0 Å². The highest BCUT2D eigenvalue weighted by Crippen LogP contribution is 2.19. The minimum absolute atomic E-state index is 0.230. The number of alkyl halides is 3. The predicted octanol–water partition coefficient (Wildman–Crippen LogP) is 2.18. The minimum atomic E-state index is -4.38. The second-order valence-electron chi connectivity index (χ2n) is 4.19. The van der Waals surface area contributed by atoms with E-state index in [0.29, 0.717) is 5.69 Å². The van der Waals surface area contributed by atoms with Crippen LogP contribution in [0.25, 0.3) is 0 Å². The van der Waals surface area contributed by atoms with E-state index >= 15 is 0 Å². The number of urea groups is 1. The topological polar surface area (TPSA) is 72.5 Å². The van der Waals surface area contributed by atoms with E-state index in [1.165, 1.54) is 20.2 Å². The van der Waals surface area contributed by atoms with E-state index < -0.39 is 24.9 Å². The van der Waals surface area contributed by atoms with Crippen LogP contribution in [0.5, 0.6) is 5.88 Å². The number of carbonyl (C=O) groups is 1. The summed E-state index contributed by atoms with van der Waals surface area (Å²) in [5, 5.41) is 4.92. The lowest BCUT2D eigenvalue weighted by Crippen LogP contribution is -2.39. The molecule has 1 rings (SSSR count). The number of halogens is 3. The number of hydrogen-bond donors (Lipinski definition) is 2. The summed E-state index contributed by atoms with van der Waals surface area (Å²) in [5.41, 5.74) is 0.348. The monoisotopic (exact) mass is 307 g/mol. The van der Waals surface area contributed by atoms with Gasteiger partial charge in [0.1, 0.15) is 12.3 Å². The van der Waals surface area contributed by atoms with Gasteiger partial charge in [-0.2, -0.15) is 13.2 Å². The highest BCUT2D eigenvalue weighted by molar-refractivity contribution is 5.90. The van der Waals surface area contributed by atoms with Gasteiger partial charge in [-0.3, -0.25) is 0 Å². The fourth-order valence-electron chi connectivity index (χ4n) is 1.42. The number of methoxy groups -OCH3 is 1. The summed E-state index contributed by atoms with van der Waals surface area (Å²) in [6, 6.07) is 2.00. The average Bonchev–Trinajstić information content (AvgIpc) is 2.37. The third kappa shape index (κ3) is 6.80. The van der Waals surface area contributed by atoms with E-state index in [2.05, 4.69) is 20.4 Å². The third-order valence-corrected chi connectivity index (χ3v) is 2.22. The summed E-state index contributed by atoms with van der Waals surface area (Å²) in [6.07, 6.45) is -2.89. The molecular formula is C12H16F3N3O3. The molecule has 0 aliphatic heterocycles. The molecule has 1 atom stereocenters. The van der Waals surface area contributed by atoms with Crippen LogP contribution in [0.15, 0.2) is 18.3 Å². The van der Waals surface area contributed by atoms with Crippen LogP contribution in [0.3, 0.4) is 0 Å². The molecule has 1 aromatic heterocycles. The Bertz CT molecular complexity index is 469. The van der Waals surface area contributed by atoms with Gasteiger partial charge in [-0.25, -0.2) is 9.78 Å². The molecule has 0 radical (unpaired) electrons. The average molecular weight is 307 g/mol. The number of hydrogen-bond acceptors (Lipinski definition) is 4. The van der Waals surface area contributed by atoms with Crippen molar-refractivity contribution in [3.8, 4) is 5.88 Å². The van der Waals surface area contributed by atoms with Crippen LogP contribution in [0.2, 0.25) is 0 Å². The minimum Gasteiger partial charge on any atom is -0.480 e. The summed E-state index contributed by atoms with van der Waals surface area (Å²) < 4.78 is 45.1. The maximum absolute atomic E-state index is 11.9. The Kier molecular flexibility index (Phi) is 6.22. The number of nitrogens with zero attached hydrogens (tertiary/aromatic N) is 1. The van der Waals surface area contributed by atoms with Crippen LogP contribution in [0.1, 0.15) is 6.92 Å². The van der Waals surface area contributed by atoms with Crippen molar-refractivity contribution < 1.29 is 27.4 Å². The van der Waals surface area contributed by atoms with Gasteiger partial charge in [0.05, 0.1) is 19.8 Å². The summed E-state index contributed by atoms with van der Waals surface area (Å²) in [7, 11) is 1.40. The van der Waals surface area contributed by atoms with Crippen LogP contribution >= 0.6 is 0 Å². The standard InChI is InChI=1S/C12H16F3N3O3/c1-8(6-21-7-12(13,14)15)17-11(19)18-9-4-3-5-16-10(9)20-2/h3-5,8H,6-7H2,1-2H3,(H2,17,18,19)/t8-/m1/s1. The molecule has 0 aromatic carbocycles. The van der Waals surface area contributed by atoms with Gasteiger partial charge in [-0.15, -0.1) is 0 Å². The Morgan fingerprint density at radius 1 is 1.48 bits per heavy atom. The molecule has 1 aromatic rings. The molecule has 0 fully saturated rings. The second-order valence-corrected chi connectivity index (χ2v) is 4.19. The first-order valence-corrected chi connectivity index (χ1v) is 6.03. The van der Waals surface area contributed by atoms with Crippen molar-refractivity contribution >= 4 is 11.7 Å². The lowest BCUT2D eigenvalue weighted by Gasteiger charge is -2.16. The molecule has 21 heavy (non-hydrogen) atoms. The van der Waals surface area contributed by atoms with E-state index in [9.17, 15) is 18.0 Å². The lowest BCUT2D eigenvalue weighted by molar-refractivity contribution is -0.174. The van der Waals surface area contributed by atoms with Gasteiger partial charge in [0.2, 0.25) is 5.88 Å². The number of amides is 2. The lowest BCUT2D eigenvalue weighted by atomic mass is 10.3. The van der Waals surface area contributed by atoms with Gasteiger partial charge in [0, 0.05) is 6.20 Å². The van der Waals surface area contributed by atoms with Crippen molar-refractivity contribution in [3.05, 3.63) is 18.3 Å². The number of rotatable bonds is 6. The van der Waals surface area contributed by atoms with Crippen LogP contribution in [0.4, 0.5) is 23.7 Å². The quantitative estimate of drug-likeness (QED) is 0.845. The highest BCUT2D eigenvalue weighted by atomic mass is 19.4. The summed E-state index contributed by atoms with van der Waals surface area (Å²) in [4.78, 5) is 15.6. The van der Waals surface area contributed by atoms with Crippen molar-refractivity contribution in [2.45, 2.75) is 19.1 Å². The van der Waals surface area contributed by atoms with E-state index in [1.54, 1.807) is 12.1 Å². The van der Waals surface area contributed by atoms with Crippen LogP contribution in [-0.4, -0.2) is 43.6 Å². The van der Waals surface area contributed by atoms with E-state index in [-0.39, 0.29) is 12.5 Å². The maximum Gasteiger partial charge on any atom is 0.411 e. The van der Waals surface area contributed by atoms with Crippen molar-refractivity contribution in [2.24, 2.45) is 0 Å². The molecule has 1 heterocycles. The Morgan fingerprint density at radius 2 is 2.19 bits per heavy atom. The Labute approximate surface area is 119 Å². The molecule has 0 unspecified atom stereocenters. The molecule has 6 nitrogen and oxygen atoms in total. The smallest absolute Gasteiger partial charge is 0.411 e. The molecule has 0 aliphatic carbocycles. The zero-order valence-corrected chi connectivity index (χ0v) is 11.5. The molecule has 2 N–H and O–H groups in total.